The highest BCUT2D eigenvalue weighted by Gasteiger charge is 2.20. The number of piperazine rings is 1. The second kappa shape index (κ2) is 17.6. The molecule has 0 aromatic heterocycles. The zero-order valence-corrected chi connectivity index (χ0v) is 25.1. The highest BCUT2D eigenvalue weighted by atomic mass is 79.9. The van der Waals surface area contributed by atoms with Crippen LogP contribution >= 0.6 is 15.9 Å². The standard InChI is InChI=1S/C28H31BrF2N2O2.C4H4O4/c29-24-7-1-21(2-8-24)27(34)13-14-32-15-17-33(18-16-32)19-20-35-28(22-3-9-25(30)10-4-22)23-5-11-26(31)12-6-23;5-3(6)1-2-4(7)8/h1-12,27-28,34H,13-20H2;1-2H,(H,5,6)(H,7,8)/b;2-1-. The van der Waals surface area contributed by atoms with E-state index >= 15 is 0 Å². The minimum Gasteiger partial charge on any atom is -0.478 e. The maximum Gasteiger partial charge on any atom is 0.328 e. The average Bonchev–Trinajstić information content (AvgIpc) is 2.99. The van der Waals surface area contributed by atoms with Crippen molar-refractivity contribution in [2.75, 3.05) is 45.9 Å². The quantitative estimate of drug-likeness (QED) is 0.225. The molecule has 43 heavy (non-hydrogen) atoms. The molecule has 8 nitrogen and oxygen atoms in total. The average molecular weight is 662 g/mol. The van der Waals surface area contributed by atoms with Crippen LogP contribution in [0.15, 0.2) is 89.4 Å². The van der Waals surface area contributed by atoms with Crippen molar-refractivity contribution in [3.63, 3.8) is 0 Å². The molecule has 1 aliphatic heterocycles. The Labute approximate surface area is 258 Å². The van der Waals surface area contributed by atoms with Gasteiger partial charge in [-0.3, -0.25) is 4.90 Å². The van der Waals surface area contributed by atoms with Gasteiger partial charge in [-0.1, -0.05) is 52.3 Å². The SMILES string of the molecule is O=C(O)/C=C\C(=O)O.OC(CCN1CCN(CCOC(c2ccc(F)cc2)c2ccc(F)cc2)CC1)c1ccc(Br)cc1. The van der Waals surface area contributed by atoms with Crippen LogP contribution < -0.4 is 0 Å². The molecule has 1 fully saturated rings. The van der Waals surface area contributed by atoms with Gasteiger partial charge < -0.3 is 25.0 Å². The van der Waals surface area contributed by atoms with E-state index < -0.39 is 18.0 Å². The van der Waals surface area contributed by atoms with Crippen molar-refractivity contribution >= 4 is 27.9 Å². The normalized spacial score (nSPS) is 14.8. The summed E-state index contributed by atoms with van der Waals surface area (Å²) in [6, 6.07) is 20.3. The minimum atomic E-state index is -1.26. The zero-order chi connectivity index (χ0) is 31.2. The summed E-state index contributed by atoms with van der Waals surface area (Å²) in [5.41, 5.74) is 2.63. The van der Waals surface area contributed by atoms with E-state index in [0.717, 1.165) is 60.4 Å². The van der Waals surface area contributed by atoms with Crippen molar-refractivity contribution in [2.45, 2.75) is 18.6 Å². The molecule has 1 aliphatic rings. The van der Waals surface area contributed by atoms with Crippen molar-refractivity contribution in [3.05, 3.63) is 118 Å². The molecule has 0 bridgehead atoms. The predicted octanol–water partition coefficient (Wildman–Crippen LogP) is 5.29. The van der Waals surface area contributed by atoms with E-state index in [1.54, 1.807) is 24.3 Å². The Morgan fingerprint density at radius 1 is 0.744 bits per heavy atom. The molecule has 3 aromatic carbocycles. The van der Waals surface area contributed by atoms with E-state index in [9.17, 15) is 23.5 Å². The molecule has 3 aromatic rings. The number of aliphatic hydroxyl groups excluding tert-OH is 1. The van der Waals surface area contributed by atoms with Crippen molar-refractivity contribution in [2.24, 2.45) is 0 Å². The van der Waals surface area contributed by atoms with Crippen LogP contribution in [0.1, 0.15) is 35.3 Å². The number of carboxylic acids is 2. The summed E-state index contributed by atoms with van der Waals surface area (Å²) in [5, 5.41) is 26.1. The molecule has 0 amide bonds. The first-order valence-electron chi connectivity index (χ1n) is 13.8. The largest absolute Gasteiger partial charge is 0.478 e. The van der Waals surface area contributed by atoms with Gasteiger partial charge in [0, 0.05) is 55.9 Å². The molecule has 1 unspecified atom stereocenters. The van der Waals surface area contributed by atoms with Crippen molar-refractivity contribution < 1.29 is 38.4 Å². The summed E-state index contributed by atoms with van der Waals surface area (Å²) < 4.78 is 34.1. The van der Waals surface area contributed by atoms with Crippen LogP contribution in [0.3, 0.4) is 0 Å². The van der Waals surface area contributed by atoms with Crippen LogP contribution in [0.4, 0.5) is 8.78 Å². The highest BCUT2D eigenvalue weighted by Crippen LogP contribution is 2.27. The highest BCUT2D eigenvalue weighted by molar-refractivity contribution is 9.10. The molecule has 3 N–H and O–H groups in total. The smallest absolute Gasteiger partial charge is 0.328 e. The van der Waals surface area contributed by atoms with Gasteiger partial charge in [0.1, 0.15) is 17.7 Å². The third kappa shape index (κ3) is 12.3. The molecular formula is C32H35BrF2N2O6. The number of aliphatic carboxylic acids is 2. The number of hydrogen-bond acceptors (Lipinski definition) is 6. The van der Waals surface area contributed by atoms with Crippen LogP contribution in [0, 0.1) is 11.6 Å². The monoisotopic (exact) mass is 660 g/mol. The lowest BCUT2D eigenvalue weighted by Crippen LogP contribution is -2.47. The second-order valence-electron chi connectivity index (χ2n) is 9.90. The van der Waals surface area contributed by atoms with E-state index in [1.165, 1.54) is 24.3 Å². The molecule has 0 saturated carbocycles. The van der Waals surface area contributed by atoms with E-state index in [-0.39, 0.29) is 17.7 Å². The molecule has 0 radical (unpaired) electrons. The Hall–Kier alpha value is -3.48. The summed E-state index contributed by atoms with van der Waals surface area (Å²) in [5.74, 6) is -3.11. The molecule has 1 saturated heterocycles. The van der Waals surface area contributed by atoms with Gasteiger partial charge in [-0.2, -0.15) is 0 Å². The lowest BCUT2D eigenvalue weighted by molar-refractivity contribution is -0.134. The number of ether oxygens (including phenoxy) is 1. The molecule has 1 atom stereocenters. The van der Waals surface area contributed by atoms with Crippen molar-refractivity contribution in [1.82, 2.24) is 9.80 Å². The van der Waals surface area contributed by atoms with Crippen LogP contribution in [0.2, 0.25) is 0 Å². The first-order valence-corrected chi connectivity index (χ1v) is 14.5. The summed E-state index contributed by atoms with van der Waals surface area (Å²) in [6.45, 7) is 5.94. The number of halogens is 3. The van der Waals surface area contributed by atoms with Crippen LogP contribution in [0.25, 0.3) is 0 Å². The topological polar surface area (TPSA) is 111 Å². The van der Waals surface area contributed by atoms with Gasteiger partial charge in [-0.05, 0) is 59.5 Å². The summed E-state index contributed by atoms with van der Waals surface area (Å²) >= 11 is 3.43. The van der Waals surface area contributed by atoms with E-state index in [0.29, 0.717) is 25.2 Å². The molecule has 0 aliphatic carbocycles. The third-order valence-corrected chi connectivity index (χ3v) is 7.37. The number of carbonyl (C=O) groups is 2. The molecule has 4 rings (SSSR count). The molecule has 1 heterocycles. The van der Waals surface area contributed by atoms with Gasteiger partial charge in [0.15, 0.2) is 0 Å². The van der Waals surface area contributed by atoms with Crippen LogP contribution in [-0.4, -0.2) is 82.9 Å². The number of aliphatic hydroxyl groups is 1. The molecule has 0 spiro atoms. The van der Waals surface area contributed by atoms with Crippen LogP contribution in [-0.2, 0) is 14.3 Å². The van der Waals surface area contributed by atoms with Crippen molar-refractivity contribution in [1.29, 1.82) is 0 Å². The Morgan fingerprint density at radius 3 is 1.60 bits per heavy atom. The number of hydrogen-bond donors (Lipinski definition) is 3. The number of rotatable bonds is 12. The minimum absolute atomic E-state index is 0.297. The summed E-state index contributed by atoms with van der Waals surface area (Å²) in [7, 11) is 0. The van der Waals surface area contributed by atoms with E-state index in [2.05, 4.69) is 25.7 Å². The second-order valence-corrected chi connectivity index (χ2v) is 10.8. The first-order chi connectivity index (χ1) is 20.6. The van der Waals surface area contributed by atoms with Gasteiger partial charge in [0.25, 0.3) is 0 Å². The molecule has 230 valence electrons. The van der Waals surface area contributed by atoms with Gasteiger partial charge >= 0.3 is 11.9 Å². The van der Waals surface area contributed by atoms with Gasteiger partial charge in [-0.25, -0.2) is 18.4 Å². The maximum absolute atomic E-state index is 13.4. The predicted molar refractivity (Wildman–Crippen MR) is 162 cm³/mol. The van der Waals surface area contributed by atoms with Crippen LogP contribution in [0.5, 0.6) is 0 Å². The Bertz CT molecular complexity index is 1250. The Balaban J connectivity index is 0.000000557. The van der Waals surface area contributed by atoms with Gasteiger partial charge in [0.05, 0.1) is 12.7 Å². The van der Waals surface area contributed by atoms with E-state index in [4.69, 9.17) is 14.9 Å². The zero-order valence-electron chi connectivity index (χ0n) is 23.5. The number of nitrogens with zero attached hydrogens (tertiary/aromatic N) is 2. The number of carboxylic acid groups (broad SMARTS) is 2. The summed E-state index contributed by atoms with van der Waals surface area (Å²) in [4.78, 5) is 23.9. The fourth-order valence-corrected chi connectivity index (χ4v) is 4.76. The molecular weight excluding hydrogens is 626 g/mol. The first kappa shape index (κ1) is 34.0. The van der Waals surface area contributed by atoms with Gasteiger partial charge in [0.2, 0.25) is 0 Å². The van der Waals surface area contributed by atoms with Gasteiger partial charge in [-0.15, -0.1) is 0 Å². The third-order valence-electron chi connectivity index (χ3n) is 6.84. The Morgan fingerprint density at radius 2 is 1.16 bits per heavy atom. The molecule has 11 heteroatoms. The fourth-order valence-electron chi connectivity index (χ4n) is 4.50. The van der Waals surface area contributed by atoms with Crippen molar-refractivity contribution in [3.8, 4) is 0 Å². The van der Waals surface area contributed by atoms with E-state index in [1.807, 2.05) is 24.3 Å². The maximum atomic E-state index is 13.4. The number of benzene rings is 3. The lowest BCUT2D eigenvalue weighted by atomic mass is 10.0. The lowest BCUT2D eigenvalue weighted by Gasteiger charge is -2.35. The Kier molecular flexibility index (Phi) is 13.9. The summed E-state index contributed by atoms with van der Waals surface area (Å²) in [6.07, 6.45) is 0.994. The fraction of sp³-hybridized carbons (Fsp3) is 0.312.